The first-order chi connectivity index (χ1) is 13.1. The van der Waals surface area contributed by atoms with Crippen LogP contribution in [0, 0.1) is 13.8 Å². The zero-order valence-electron chi connectivity index (χ0n) is 15.2. The first kappa shape index (κ1) is 16.9. The highest BCUT2D eigenvalue weighted by Crippen LogP contribution is 2.29. The zero-order chi connectivity index (χ0) is 18.8. The van der Waals surface area contributed by atoms with Crippen LogP contribution in [0.5, 0.6) is 0 Å². The van der Waals surface area contributed by atoms with Gasteiger partial charge in [-0.2, -0.15) is 0 Å². The van der Waals surface area contributed by atoms with Crippen LogP contribution < -0.4 is 10.6 Å². The summed E-state index contributed by atoms with van der Waals surface area (Å²) in [7, 11) is 0. The van der Waals surface area contributed by atoms with Crippen molar-refractivity contribution in [1.29, 1.82) is 0 Å². The molecule has 0 radical (unpaired) electrons. The van der Waals surface area contributed by atoms with Gasteiger partial charge in [-0.25, -0.2) is 0 Å². The lowest BCUT2D eigenvalue weighted by molar-refractivity contribution is 0.0998. The molecule has 0 aliphatic rings. The van der Waals surface area contributed by atoms with Gasteiger partial charge < -0.3 is 15.1 Å². The average Bonchev–Trinajstić information content (AvgIpc) is 3.02. The summed E-state index contributed by atoms with van der Waals surface area (Å²) in [6.07, 6.45) is 0. The first-order valence-corrected chi connectivity index (χ1v) is 8.84. The monoisotopic (exact) mass is 356 g/mol. The predicted molar refractivity (Wildman–Crippen MR) is 110 cm³/mol. The van der Waals surface area contributed by atoms with Crippen LogP contribution in [0.2, 0.25) is 0 Å². The topological polar surface area (TPSA) is 54.3 Å². The Balaban J connectivity index is 1.61. The fourth-order valence-electron chi connectivity index (χ4n) is 3.06. The second kappa shape index (κ2) is 7.00. The molecule has 134 valence electrons. The number of aryl methyl sites for hydroxylation is 2. The van der Waals surface area contributed by atoms with Crippen LogP contribution in [-0.2, 0) is 0 Å². The third kappa shape index (κ3) is 3.42. The second-order valence-corrected chi connectivity index (χ2v) is 6.54. The number of furan rings is 1. The van der Waals surface area contributed by atoms with E-state index in [2.05, 4.69) is 10.6 Å². The molecule has 0 aliphatic heterocycles. The number of nitrogens with one attached hydrogen (secondary N) is 2. The number of benzene rings is 3. The van der Waals surface area contributed by atoms with E-state index in [4.69, 9.17) is 4.42 Å². The van der Waals surface area contributed by atoms with Crippen molar-refractivity contribution in [2.75, 3.05) is 10.6 Å². The van der Waals surface area contributed by atoms with Crippen LogP contribution in [0.15, 0.2) is 77.2 Å². The second-order valence-electron chi connectivity index (χ2n) is 6.54. The third-order valence-electron chi connectivity index (χ3n) is 4.56. The molecule has 4 nitrogen and oxygen atoms in total. The number of para-hydroxylation sites is 3. The van der Waals surface area contributed by atoms with Gasteiger partial charge in [0.25, 0.3) is 5.91 Å². The summed E-state index contributed by atoms with van der Waals surface area (Å²) in [6, 6.07) is 23.4. The molecule has 3 aromatic carbocycles. The Bertz CT molecular complexity index is 1110. The van der Waals surface area contributed by atoms with Crippen LogP contribution in [0.25, 0.3) is 11.0 Å². The van der Waals surface area contributed by atoms with Crippen molar-refractivity contribution in [3.63, 3.8) is 0 Å². The van der Waals surface area contributed by atoms with E-state index in [1.807, 2.05) is 86.6 Å². The molecule has 0 fully saturated rings. The zero-order valence-corrected chi connectivity index (χ0v) is 15.2. The molecule has 0 saturated carbocycles. The summed E-state index contributed by atoms with van der Waals surface area (Å²) < 4.78 is 5.77. The van der Waals surface area contributed by atoms with Crippen molar-refractivity contribution in [3.05, 3.63) is 89.7 Å². The summed E-state index contributed by atoms with van der Waals surface area (Å²) in [6.45, 7) is 3.95. The van der Waals surface area contributed by atoms with Crippen molar-refractivity contribution in [2.45, 2.75) is 13.8 Å². The van der Waals surface area contributed by atoms with Gasteiger partial charge in [-0.15, -0.1) is 0 Å². The summed E-state index contributed by atoms with van der Waals surface area (Å²) in [5.74, 6) is 0.0724. The van der Waals surface area contributed by atoms with Gasteiger partial charge in [-0.3, -0.25) is 4.79 Å². The normalized spacial score (nSPS) is 10.7. The van der Waals surface area contributed by atoms with Crippen molar-refractivity contribution < 1.29 is 9.21 Å². The molecule has 0 atom stereocenters. The van der Waals surface area contributed by atoms with Crippen molar-refractivity contribution in [1.82, 2.24) is 0 Å². The molecule has 2 N–H and O–H groups in total. The summed E-state index contributed by atoms with van der Waals surface area (Å²) in [4.78, 5) is 12.8. The Labute approximate surface area is 157 Å². The van der Waals surface area contributed by atoms with Crippen LogP contribution in [0.3, 0.4) is 0 Å². The standard InChI is InChI=1S/C23H20N2O2/c1-15-11-13-17(14-12-15)24-19-8-4-5-9-20(19)25-23(26)22-16(2)18-7-3-6-10-21(18)27-22/h3-14,24H,1-2H3,(H,25,26). The first-order valence-electron chi connectivity index (χ1n) is 8.84. The molecule has 0 unspecified atom stereocenters. The van der Waals surface area contributed by atoms with Crippen LogP contribution in [0.1, 0.15) is 21.7 Å². The maximum atomic E-state index is 12.8. The molecule has 0 bridgehead atoms. The van der Waals surface area contributed by atoms with Crippen LogP contribution >= 0.6 is 0 Å². The van der Waals surface area contributed by atoms with Gasteiger partial charge in [0, 0.05) is 16.6 Å². The quantitative estimate of drug-likeness (QED) is 0.468. The largest absolute Gasteiger partial charge is 0.451 e. The minimum absolute atomic E-state index is 0.262. The molecule has 1 heterocycles. The molecular formula is C23H20N2O2. The molecule has 4 rings (SSSR count). The Morgan fingerprint density at radius 3 is 2.22 bits per heavy atom. The average molecular weight is 356 g/mol. The Kier molecular flexibility index (Phi) is 4.38. The lowest BCUT2D eigenvalue weighted by Gasteiger charge is -2.13. The molecule has 0 spiro atoms. The summed E-state index contributed by atoms with van der Waals surface area (Å²) in [5, 5.41) is 7.27. The summed E-state index contributed by atoms with van der Waals surface area (Å²) >= 11 is 0. The van der Waals surface area contributed by atoms with E-state index in [1.54, 1.807) is 0 Å². The molecule has 1 aromatic heterocycles. The fourth-order valence-corrected chi connectivity index (χ4v) is 3.06. The number of carbonyl (C=O) groups is 1. The molecule has 27 heavy (non-hydrogen) atoms. The van der Waals surface area contributed by atoms with E-state index in [-0.39, 0.29) is 5.91 Å². The number of rotatable bonds is 4. The van der Waals surface area contributed by atoms with Gasteiger partial charge in [0.15, 0.2) is 5.76 Å². The number of hydrogen-bond donors (Lipinski definition) is 2. The van der Waals surface area contributed by atoms with Gasteiger partial charge in [0.2, 0.25) is 0 Å². The minimum atomic E-state index is -0.262. The predicted octanol–water partition coefficient (Wildman–Crippen LogP) is 6.05. The molecule has 0 aliphatic carbocycles. The fraction of sp³-hybridized carbons (Fsp3) is 0.0870. The molecule has 0 saturated heterocycles. The lowest BCUT2D eigenvalue weighted by Crippen LogP contribution is -2.13. The van der Waals surface area contributed by atoms with E-state index < -0.39 is 0 Å². The van der Waals surface area contributed by atoms with Gasteiger partial charge >= 0.3 is 0 Å². The Morgan fingerprint density at radius 1 is 0.815 bits per heavy atom. The van der Waals surface area contributed by atoms with E-state index in [9.17, 15) is 4.79 Å². The molecule has 1 amide bonds. The lowest BCUT2D eigenvalue weighted by atomic mass is 10.1. The highest BCUT2D eigenvalue weighted by atomic mass is 16.3. The SMILES string of the molecule is Cc1ccc(Nc2ccccc2NC(=O)c2oc3ccccc3c2C)cc1. The molecule has 4 aromatic rings. The highest BCUT2D eigenvalue weighted by Gasteiger charge is 2.18. The van der Waals surface area contributed by atoms with Gasteiger partial charge in [0.1, 0.15) is 5.58 Å². The highest BCUT2D eigenvalue weighted by molar-refractivity contribution is 6.07. The van der Waals surface area contributed by atoms with Gasteiger partial charge in [-0.05, 0) is 44.2 Å². The van der Waals surface area contributed by atoms with Crippen LogP contribution in [0.4, 0.5) is 17.1 Å². The number of hydrogen-bond acceptors (Lipinski definition) is 3. The Hall–Kier alpha value is -3.53. The number of anilines is 3. The molecule has 4 heteroatoms. The smallest absolute Gasteiger partial charge is 0.291 e. The Morgan fingerprint density at radius 2 is 1.48 bits per heavy atom. The maximum Gasteiger partial charge on any atom is 0.291 e. The van der Waals surface area contributed by atoms with E-state index in [0.717, 1.165) is 22.3 Å². The van der Waals surface area contributed by atoms with E-state index >= 15 is 0 Å². The number of carbonyl (C=O) groups excluding carboxylic acids is 1. The number of amides is 1. The number of fused-ring (bicyclic) bond motifs is 1. The third-order valence-corrected chi connectivity index (χ3v) is 4.56. The van der Waals surface area contributed by atoms with Gasteiger partial charge in [0.05, 0.1) is 11.4 Å². The van der Waals surface area contributed by atoms with Crippen molar-refractivity contribution in [3.8, 4) is 0 Å². The summed E-state index contributed by atoms with van der Waals surface area (Å²) in [5.41, 5.74) is 5.23. The van der Waals surface area contributed by atoms with E-state index in [1.165, 1.54) is 5.56 Å². The van der Waals surface area contributed by atoms with Crippen molar-refractivity contribution >= 4 is 33.9 Å². The van der Waals surface area contributed by atoms with Crippen LogP contribution in [-0.4, -0.2) is 5.91 Å². The molecular weight excluding hydrogens is 336 g/mol. The van der Waals surface area contributed by atoms with Crippen molar-refractivity contribution in [2.24, 2.45) is 0 Å². The minimum Gasteiger partial charge on any atom is -0.451 e. The van der Waals surface area contributed by atoms with E-state index in [0.29, 0.717) is 17.0 Å². The van der Waals surface area contributed by atoms with Gasteiger partial charge in [-0.1, -0.05) is 48.0 Å². The maximum absolute atomic E-state index is 12.8.